The molecule has 2 aromatic heterocycles. The third-order valence-corrected chi connectivity index (χ3v) is 4.65. The number of fused-ring (bicyclic) bond motifs is 1. The predicted octanol–water partition coefficient (Wildman–Crippen LogP) is 5.15. The molecule has 10 heteroatoms. The van der Waals surface area contributed by atoms with Gasteiger partial charge in [0.15, 0.2) is 5.13 Å². The Labute approximate surface area is 159 Å². The number of H-pyrrole nitrogens is 1. The van der Waals surface area contributed by atoms with E-state index in [0.717, 1.165) is 24.3 Å². The quantitative estimate of drug-likeness (QED) is 0.460. The van der Waals surface area contributed by atoms with Crippen molar-refractivity contribution in [1.82, 2.24) is 15.0 Å². The average molecular weight is 406 g/mol. The third kappa shape index (κ3) is 3.33. The zero-order valence-electron chi connectivity index (χ0n) is 13.8. The van der Waals surface area contributed by atoms with Crippen molar-refractivity contribution in [3.63, 3.8) is 0 Å². The lowest BCUT2D eigenvalue weighted by atomic mass is 10.1. The van der Waals surface area contributed by atoms with Crippen LogP contribution < -0.4 is 5.32 Å². The van der Waals surface area contributed by atoms with Gasteiger partial charge in [0.2, 0.25) is 0 Å². The van der Waals surface area contributed by atoms with E-state index in [1.165, 1.54) is 17.5 Å². The number of imidazole rings is 1. The van der Waals surface area contributed by atoms with Crippen LogP contribution in [0, 0.1) is 11.6 Å². The van der Waals surface area contributed by atoms with Gasteiger partial charge in [-0.3, -0.25) is 10.1 Å². The maximum Gasteiger partial charge on any atom is 0.264 e. The highest BCUT2D eigenvalue weighted by Gasteiger charge is 2.21. The molecule has 4 aromatic rings. The molecular weight excluding hydrogens is 396 g/mol. The number of carbonyl (C=O) groups is 1. The number of anilines is 1. The van der Waals surface area contributed by atoms with Gasteiger partial charge in [-0.1, -0.05) is 0 Å². The van der Waals surface area contributed by atoms with E-state index in [4.69, 9.17) is 0 Å². The molecule has 2 heterocycles. The Morgan fingerprint density at radius 1 is 1.14 bits per heavy atom. The summed E-state index contributed by atoms with van der Waals surface area (Å²) in [5.74, 6) is -2.20. The number of carbonyl (C=O) groups excluding carboxylic acids is 1. The molecule has 0 aliphatic rings. The van der Waals surface area contributed by atoms with Gasteiger partial charge in [0.1, 0.15) is 17.5 Å². The first-order chi connectivity index (χ1) is 13.4. The second-order valence-corrected chi connectivity index (χ2v) is 6.65. The fourth-order valence-corrected chi connectivity index (χ4v) is 3.29. The Bertz CT molecular complexity index is 1170. The number of hydrogen-bond donors (Lipinski definition) is 2. The fraction of sp³-hybridized carbons (Fsp3) is 0.0556. The molecule has 2 N–H and O–H groups in total. The summed E-state index contributed by atoms with van der Waals surface area (Å²) >= 11 is 1.18. The number of thiazole rings is 1. The molecule has 28 heavy (non-hydrogen) atoms. The molecule has 0 atom stereocenters. The molecule has 0 fully saturated rings. The minimum absolute atomic E-state index is 0.0285. The van der Waals surface area contributed by atoms with E-state index in [9.17, 15) is 22.4 Å². The molecule has 2 aromatic carbocycles. The summed E-state index contributed by atoms with van der Waals surface area (Å²) in [7, 11) is 0. The SMILES string of the molecule is O=C(Nc1nccs1)c1cc(F)cc2nc(-c3ccc(F)cc3C(F)F)[nH]c12. The van der Waals surface area contributed by atoms with E-state index >= 15 is 0 Å². The molecule has 0 saturated carbocycles. The molecular formula is C18H10F4N4OS. The van der Waals surface area contributed by atoms with Crippen LogP contribution in [0.15, 0.2) is 41.9 Å². The van der Waals surface area contributed by atoms with Gasteiger partial charge in [-0.15, -0.1) is 11.3 Å². The highest BCUT2D eigenvalue weighted by atomic mass is 32.1. The molecule has 0 radical (unpaired) electrons. The van der Waals surface area contributed by atoms with Crippen molar-refractivity contribution >= 4 is 33.4 Å². The summed E-state index contributed by atoms with van der Waals surface area (Å²) in [5.41, 5.74) is -0.434. The van der Waals surface area contributed by atoms with E-state index in [2.05, 4.69) is 20.3 Å². The van der Waals surface area contributed by atoms with Gasteiger partial charge in [0.25, 0.3) is 12.3 Å². The Morgan fingerprint density at radius 2 is 1.96 bits per heavy atom. The van der Waals surface area contributed by atoms with Crippen LogP contribution in [0.3, 0.4) is 0 Å². The maximum absolute atomic E-state index is 14.0. The summed E-state index contributed by atoms with van der Waals surface area (Å²) in [5, 5.41) is 4.51. The van der Waals surface area contributed by atoms with E-state index in [1.54, 1.807) is 5.38 Å². The monoisotopic (exact) mass is 406 g/mol. The van der Waals surface area contributed by atoms with E-state index in [-0.39, 0.29) is 28.0 Å². The van der Waals surface area contributed by atoms with E-state index < -0.39 is 29.5 Å². The lowest BCUT2D eigenvalue weighted by molar-refractivity contribution is 0.102. The third-order valence-electron chi connectivity index (χ3n) is 3.96. The standard InChI is InChI=1S/C18H10F4N4OS/c19-8-1-2-10(11(5-8)15(21)22)16-24-13-7-9(20)6-12(14(13)25-16)17(27)26-18-23-3-4-28-18/h1-7,15H,(H,24,25)(H,23,26,27). The molecule has 0 saturated heterocycles. The van der Waals surface area contributed by atoms with Crippen molar-refractivity contribution in [2.75, 3.05) is 5.32 Å². The summed E-state index contributed by atoms with van der Waals surface area (Å²) in [4.78, 5) is 23.3. The highest BCUT2D eigenvalue weighted by molar-refractivity contribution is 7.13. The van der Waals surface area contributed by atoms with Crippen LogP contribution in [0.4, 0.5) is 22.7 Å². The van der Waals surface area contributed by atoms with E-state index in [1.807, 2.05) is 0 Å². The van der Waals surface area contributed by atoms with Gasteiger partial charge in [0, 0.05) is 28.8 Å². The van der Waals surface area contributed by atoms with Crippen molar-refractivity contribution in [1.29, 1.82) is 0 Å². The van der Waals surface area contributed by atoms with Crippen molar-refractivity contribution in [3.8, 4) is 11.4 Å². The minimum Gasteiger partial charge on any atom is -0.337 e. The molecule has 0 unspecified atom stereocenters. The molecule has 4 rings (SSSR count). The van der Waals surface area contributed by atoms with Gasteiger partial charge in [-0.2, -0.15) is 0 Å². The number of benzene rings is 2. The molecule has 5 nitrogen and oxygen atoms in total. The minimum atomic E-state index is -2.94. The molecule has 0 bridgehead atoms. The predicted molar refractivity (Wildman–Crippen MR) is 96.5 cm³/mol. The molecule has 0 spiro atoms. The average Bonchev–Trinajstić information content (AvgIpc) is 3.30. The number of nitrogens with one attached hydrogen (secondary N) is 2. The second kappa shape index (κ2) is 7.04. The van der Waals surface area contributed by atoms with Crippen molar-refractivity contribution in [2.24, 2.45) is 0 Å². The topological polar surface area (TPSA) is 70.7 Å². The Balaban J connectivity index is 1.83. The summed E-state index contributed by atoms with van der Waals surface area (Å²) < 4.78 is 53.9. The number of rotatable bonds is 4. The van der Waals surface area contributed by atoms with Crippen LogP contribution in [0.1, 0.15) is 22.3 Å². The Hall–Kier alpha value is -3.27. The highest BCUT2D eigenvalue weighted by Crippen LogP contribution is 2.32. The number of hydrogen-bond acceptors (Lipinski definition) is 4. The summed E-state index contributed by atoms with van der Waals surface area (Å²) in [6, 6.07) is 4.96. The Kier molecular flexibility index (Phi) is 4.55. The first-order valence-corrected chi connectivity index (χ1v) is 8.78. The second-order valence-electron chi connectivity index (χ2n) is 5.76. The zero-order valence-corrected chi connectivity index (χ0v) is 14.7. The van der Waals surface area contributed by atoms with Crippen LogP contribution in [0.25, 0.3) is 22.4 Å². The van der Waals surface area contributed by atoms with Crippen LogP contribution in [-0.2, 0) is 0 Å². The van der Waals surface area contributed by atoms with Crippen molar-refractivity contribution in [3.05, 3.63) is 64.7 Å². The first-order valence-electron chi connectivity index (χ1n) is 7.90. The fourth-order valence-electron chi connectivity index (χ4n) is 2.76. The molecule has 0 aliphatic heterocycles. The van der Waals surface area contributed by atoms with Crippen molar-refractivity contribution < 1.29 is 22.4 Å². The van der Waals surface area contributed by atoms with Gasteiger partial charge in [0.05, 0.1) is 16.6 Å². The number of halogens is 4. The lowest BCUT2D eigenvalue weighted by Gasteiger charge is -2.06. The van der Waals surface area contributed by atoms with Gasteiger partial charge >= 0.3 is 0 Å². The number of alkyl halides is 2. The number of aromatic amines is 1. The maximum atomic E-state index is 14.0. The largest absolute Gasteiger partial charge is 0.337 e. The number of aromatic nitrogens is 3. The smallest absolute Gasteiger partial charge is 0.264 e. The number of amides is 1. The van der Waals surface area contributed by atoms with Gasteiger partial charge in [-0.25, -0.2) is 27.5 Å². The van der Waals surface area contributed by atoms with Crippen LogP contribution in [-0.4, -0.2) is 20.9 Å². The number of nitrogens with zero attached hydrogens (tertiary/aromatic N) is 2. The van der Waals surface area contributed by atoms with Crippen LogP contribution in [0.2, 0.25) is 0 Å². The molecule has 0 aliphatic carbocycles. The summed E-state index contributed by atoms with van der Waals surface area (Å²) in [6.07, 6.45) is -1.45. The van der Waals surface area contributed by atoms with Gasteiger partial charge < -0.3 is 4.98 Å². The summed E-state index contributed by atoms with van der Waals surface area (Å²) in [6.45, 7) is 0. The van der Waals surface area contributed by atoms with Crippen LogP contribution in [0.5, 0.6) is 0 Å². The lowest BCUT2D eigenvalue weighted by Crippen LogP contribution is -2.12. The molecule has 1 amide bonds. The van der Waals surface area contributed by atoms with E-state index in [0.29, 0.717) is 11.2 Å². The zero-order chi connectivity index (χ0) is 19.8. The van der Waals surface area contributed by atoms with Crippen molar-refractivity contribution in [2.45, 2.75) is 6.43 Å². The first kappa shape index (κ1) is 18.1. The molecule has 142 valence electrons. The Morgan fingerprint density at radius 3 is 2.68 bits per heavy atom. The van der Waals surface area contributed by atoms with Gasteiger partial charge in [-0.05, 0) is 24.3 Å². The normalized spacial score (nSPS) is 11.3. The van der Waals surface area contributed by atoms with Crippen LogP contribution >= 0.6 is 11.3 Å².